The zero-order chi connectivity index (χ0) is 17.3. The number of alkyl halides is 3. The van der Waals surface area contributed by atoms with E-state index in [1.807, 2.05) is 0 Å². The van der Waals surface area contributed by atoms with Gasteiger partial charge < -0.3 is 10.2 Å². The van der Waals surface area contributed by atoms with Crippen molar-refractivity contribution in [3.63, 3.8) is 0 Å². The molecule has 24 heavy (non-hydrogen) atoms. The lowest BCUT2D eigenvalue weighted by Crippen LogP contribution is -2.41. The van der Waals surface area contributed by atoms with Gasteiger partial charge in [-0.25, -0.2) is 9.97 Å². The van der Waals surface area contributed by atoms with Crippen LogP contribution in [-0.2, 0) is 11.0 Å². The minimum absolute atomic E-state index is 0.0142. The molecule has 1 aromatic heterocycles. The first-order valence-electron chi connectivity index (χ1n) is 7.70. The van der Waals surface area contributed by atoms with Crippen LogP contribution in [0.3, 0.4) is 0 Å². The maximum absolute atomic E-state index is 13.0. The molecule has 1 aliphatic heterocycles. The van der Waals surface area contributed by atoms with Gasteiger partial charge in [-0.1, -0.05) is 12.1 Å². The fourth-order valence-corrected chi connectivity index (χ4v) is 2.85. The van der Waals surface area contributed by atoms with Gasteiger partial charge in [0.1, 0.15) is 5.82 Å². The van der Waals surface area contributed by atoms with Crippen molar-refractivity contribution >= 4 is 22.6 Å². The SMILES string of the molecule is CC(=O)N1CCC(Nc2nc(C(F)(F)F)nc3ccccc23)CC1. The first-order chi connectivity index (χ1) is 11.3. The van der Waals surface area contributed by atoms with Gasteiger partial charge in [-0.2, -0.15) is 13.2 Å². The zero-order valence-electron chi connectivity index (χ0n) is 13.1. The molecule has 1 N–H and O–H groups in total. The summed E-state index contributed by atoms with van der Waals surface area (Å²) in [6, 6.07) is 6.59. The molecule has 2 heterocycles. The topological polar surface area (TPSA) is 58.1 Å². The predicted molar refractivity (Wildman–Crippen MR) is 83.4 cm³/mol. The summed E-state index contributed by atoms with van der Waals surface area (Å²) in [7, 11) is 0. The monoisotopic (exact) mass is 338 g/mol. The van der Waals surface area contributed by atoms with Crippen LogP contribution in [0.2, 0.25) is 0 Å². The van der Waals surface area contributed by atoms with Crippen molar-refractivity contribution in [2.75, 3.05) is 18.4 Å². The van der Waals surface area contributed by atoms with E-state index < -0.39 is 12.0 Å². The average Bonchev–Trinajstić information content (AvgIpc) is 2.54. The normalized spacial score (nSPS) is 16.4. The minimum atomic E-state index is -4.60. The predicted octanol–water partition coefficient (Wildman–Crippen LogP) is 3.07. The van der Waals surface area contributed by atoms with Gasteiger partial charge in [-0.15, -0.1) is 0 Å². The van der Waals surface area contributed by atoms with Crippen LogP contribution in [0, 0.1) is 0 Å². The Morgan fingerprint density at radius 2 is 1.88 bits per heavy atom. The molecule has 0 unspecified atom stereocenters. The maximum Gasteiger partial charge on any atom is 0.451 e. The van der Waals surface area contributed by atoms with Crippen molar-refractivity contribution < 1.29 is 18.0 Å². The number of benzene rings is 1. The van der Waals surface area contributed by atoms with Crippen molar-refractivity contribution in [3.05, 3.63) is 30.1 Å². The molecule has 128 valence electrons. The average molecular weight is 338 g/mol. The van der Waals surface area contributed by atoms with Crippen molar-refractivity contribution in [1.29, 1.82) is 0 Å². The Bertz CT molecular complexity index is 755. The summed E-state index contributed by atoms with van der Waals surface area (Å²) in [5.41, 5.74) is 0.253. The molecule has 5 nitrogen and oxygen atoms in total. The number of hydrogen-bond donors (Lipinski definition) is 1. The number of rotatable bonds is 2. The second kappa shape index (κ2) is 6.26. The third-order valence-corrected chi connectivity index (χ3v) is 4.14. The van der Waals surface area contributed by atoms with Gasteiger partial charge >= 0.3 is 6.18 Å². The van der Waals surface area contributed by atoms with Crippen LogP contribution in [0.1, 0.15) is 25.6 Å². The molecule has 0 spiro atoms. The number of para-hydroxylation sites is 1. The molecule has 2 aromatic rings. The van der Waals surface area contributed by atoms with Crippen LogP contribution in [0.15, 0.2) is 24.3 Å². The minimum Gasteiger partial charge on any atom is -0.367 e. The Labute approximate surface area is 136 Å². The zero-order valence-corrected chi connectivity index (χ0v) is 13.1. The highest BCUT2D eigenvalue weighted by Gasteiger charge is 2.35. The van der Waals surface area contributed by atoms with Gasteiger partial charge in [-0.3, -0.25) is 4.79 Å². The van der Waals surface area contributed by atoms with Gasteiger partial charge in [0.2, 0.25) is 11.7 Å². The van der Waals surface area contributed by atoms with E-state index in [9.17, 15) is 18.0 Å². The molecule has 1 aromatic carbocycles. The van der Waals surface area contributed by atoms with E-state index in [1.165, 1.54) is 13.0 Å². The van der Waals surface area contributed by atoms with Crippen LogP contribution in [0.25, 0.3) is 10.9 Å². The van der Waals surface area contributed by atoms with Crippen molar-refractivity contribution in [2.45, 2.75) is 32.0 Å². The number of hydrogen-bond acceptors (Lipinski definition) is 4. The molecular formula is C16H17F3N4O. The van der Waals surface area contributed by atoms with Gasteiger partial charge in [-0.05, 0) is 25.0 Å². The highest BCUT2D eigenvalue weighted by atomic mass is 19.4. The number of nitrogens with one attached hydrogen (secondary N) is 1. The standard InChI is InChI=1S/C16H17F3N4O/c1-10(24)23-8-6-11(7-9-23)20-14-12-4-2-3-5-13(12)21-15(22-14)16(17,18)19/h2-5,11H,6-9H2,1H3,(H,20,21,22). The molecule has 1 saturated heterocycles. The van der Waals surface area contributed by atoms with Gasteiger partial charge in [0.25, 0.3) is 0 Å². The summed E-state index contributed by atoms with van der Waals surface area (Å²) in [5, 5.41) is 3.66. The van der Waals surface area contributed by atoms with Crippen molar-refractivity contribution in [3.8, 4) is 0 Å². The summed E-state index contributed by atoms with van der Waals surface area (Å²) < 4.78 is 39.1. The Hall–Kier alpha value is -2.38. The summed E-state index contributed by atoms with van der Waals surface area (Å²) in [4.78, 5) is 20.4. The number of amides is 1. The quantitative estimate of drug-likeness (QED) is 0.914. The highest BCUT2D eigenvalue weighted by Crippen LogP contribution is 2.31. The van der Waals surface area contributed by atoms with E-state index in [-0.39, 0.29) is 23.3 Å². The van der Waals surface area contributed by atoms with Crippen LogP contribution in [0.4, 0.5) is 19.0 Å². The number of aromatic nitrogens is 2. The summed E-state index contributed by atoms with van der Waals surface area (Å²) in [6.45, 7) is 2.69. The number of fused-ring (bicyclic) bond motifs is 1. The number of anilines is 1. The van der Waals surface area contributed by atoms with Crippen LogP contribution in [0.5, 0.6) is 0 Å². The number of likely N-dealkylation sites (tertiary alicyclic amines) is 1. The largest absolute Gasteiger partial charge is 0.451 e. The van der Waals surface area contributed by atoms with Crippen molar-refractivity contribution in [1.82, 2.24) is 14.9 Å². The second-order valence-corrected chi connectivity index (χ2v) is 5.84. The molecule has 8 heteroatoms. The number of carbonyl (C=O) groups is 1. The molecular weight excluding hydrogens is 321 g/mol. The number of nitrogens with zero attached hydrogens (tertiary/aromatic N) is 3. The fraction of sp³-hybridized carbons (Fsp3) is 0.438. The Morgan fingerprint density at radius 1 is 1.21 bits per heavy atom. The third-order valence-electron chi connectivity index (χ3n) is 4.14. The fourth-order valence-electron chi connectivity index (χ4n) is 2.85. The Kier molecular flexibility index (Phi) is 4.29. The second-order valence-electron chi connectivity index (χ2n) is 5.84. The molecule has 0 atom stereocenters. The smallest absolute Gasteiger partial charge is 0.367 e. The summed E-state index contributed by atoms with van der Waals surface area (Å²) in [6.07, 6.45) is -3.27. The van der Waals surface area contributed by atoms with Crippen molar-refractivity contribution in [2.24, 2.45) is 0 Å². The number of halogens is 3. The van der Waals surface area contributed by atoms with Gasteiger partial charge in [0.05, 0.1) is 5.52 Å². The summed E-state index contributed by atoms with van der Waals surface area (Å²) >= 11 is 0. The molecule has 0 saturated carbocycles. The van der Waals surface area contributed by atoms with E-state index in [0.29, 0.717) is 31.3 Å². The van der Waals surface area contributed by atoms with Crippen LogP contribution >= 0.6 is 0 Å². The molecule has 1 aliphatic rings. The van der Waals surface area contributed by atoms with Crippen LogP contribution in [-0.4, -0.2) is 39.9 Å². The first-order valence-corrected chi connectivity index (χ1v) is 7.70. The molecule has 1 amide bonds. The summed E-state index contributed by atoms with van der Waals surface area (Å²) in [5.74, 6) is -0.945. The van der Waals surface area contributed by atoms with E-state index in [2.05, 4.69) is 15.3 Å². The first kappa shape index (κ1) is 16.5. The lowest BCUT2D eigenvalue weighted by atomic mass is 10.0. The Morgan fingerprint density at radius 3 is 2.50 bits per heavy atom. The molecule has 0 radical (unpaired) electrons. The third kappa shape index (κ3) is 3.42. The molecule has 3 rings (SSSR count). The van der Waals surface area contributed by atoms with Gasteiger partial charge in [0.15, 0.2) is 0 Å². The number of carbonyl (C=O) groups excluding carboxylic acids is 1. The molecule has 0 bridgehead atoms. The lowest BCUT2D eigenvalue weighted by molar-refractivity contribution is -0.144. The van der Waals surface area contributed by atoms with E-state index in [1.54, 1.807) is 23.1 Å². The molecule has 0 aliphatic carbocycles. The van der Waals surface area contributed by atoms with E-state index in [4.69, 9.17) is 0 Å². The van der Waals surface area contributed by atoms with Crippen LogP contribution < -0.4 is 5.32 Å². The lowest BCUT2D eigenvalue weighted by Gasteiger charge is -2.32. The Balaban J connectivity index is 1.87. The maximum atomic E-state index is 13.0. The van der Waals surface area contributed by atoms with E-state index >= 15 is 0 Å². The van der Waals surface area contributed by atoms with E-state index in [0.717, 1.165) is 0 Å². The highest BCUT2D eigenvalue weighted by molar-refractivity contribution is 5.89. The van der Waals surface area contributed by atoms with Gasteiger partial charge in [0, 0.05) is 31.4 Å². The molecule has 1 fully saturated rings. The number of piperidine rings is 1.